The van der Waals surface area contributed by atoms with E-state index >= 15 is 0 Å². The van der Waals surface area contributed by atoms with Gasteiger partial charge in [-0.05, 0) is 24.6 Å². The number of benzene rings is 1. The number of amides is 1. The largest absolute Gasteiger partial charge is 0.497 e. The molecule has 1 saturated heterocycles. The standard InChI is InChI=1S/C23H23N5O3/c1-4-21(29)27-28-8-7-17(14-28)20-13-25-23-22(26-20)16(12-24-23)6-5-15-9-18(30-2)11-19(10-15)31-3/h4,9-13,17H,1,7-8,14H2,2-3H3,(H,24,25)(H,27,29)/t17-/m1/s1. The van der Waals surface area contributed by atoms with Crippen molar-refractivity contribution in [3.63, 3.8) is 0 Å². The Hall–Kier alpha value is -3.83. The van der Waals surface area contributed by atoms with Gasteiger partial charge in [-0.3, -0.25) is 10.2 Å². The molecule has 1 amide bonds. The van der Waals surface area contributed by atoms with E-state index < -0.39 is 0 Å². The second-order valence-electron chi connectivity index (χ2n) is 7.16. The minimum atomic E-state index is -0.209. The molecule has 0 bridgehead atoms. The topological polar surface area (TPSA) is 92.4 Å². The molecule has 2 N–H and O–H groups in total. The summed E-state index contributed by atoms with van der Waals surface area (Å²) in [5.41, 5.74) is 6.65. The highest BCUT2D eigenvalue weighted by Crippen LogP contribution is 2.26. The summed E-state index contributed by atoms with van der Waals surface area (Å²) in [4.78, 5) is 24.0. The molecule has 8 heteroatoms. The molecule has 1 aromatic carbocycles. The maximum absolute atomic E-state index is 11.5. The number of aromatic nitrogens is 3. The van der Waals surface area contributed by atoms with Crippen LogP contribution in [0.4, 0.5) is 0 Å². The minimum Gasteiger partial charge on any atom is -0.497 e. The van der Waals surface area contributed by atoms with Gasteiger partial charge in [-0.1, -0.05) is 18.4 Å². The van der Waals surface area contributed by atoms with E-state index in [0.717, 1.165) is 35.3 Å². The Kier molecular flexibility index (Phi) is 5.87. The van der Waals surface area contributed by atoms with Crippen LogP contribution >= 0.6 is 0 Å². The van der Waals surface area contributed by atoms with Gasteiger partial charge in [-0.25, -0.2) is 15.0 Å². The summed E-state index contributed by atoms with van der Waals surface area (Å²) in [5.74, 6) is 7.65. The predicted octanol–water partition coefficient (Wildman–Crippen LogP) is 2.38. The summed E-state index contributed by atoms with van der Waals surface area (Å²) in [5, 5.41) is 1.88. The van der Waals surface area contributed by atoms with E-state index in [4.69, 9.17) is 14.5 Å². The molecule has 1 aliphatic rings. The van der Waals surface area contributed by atoms with Crippen molar-refractivity contribution in [1.29, 1.82) is 0 Å². The van der Waals surface area contributed by atoms with Crippen molar-refractivity contribution < 1.29 is 14.3 Å². The van der Waals surface area contributed by atoms with Crippen LogP contribution in [0.1, 0.15) is 29.2 Å². The molecular formula is C23H23N5O3. The van der Waals surface area contributed by atoms with Gasteiger partial charge in [0.05, 0.1) is 31.7 Å². The molecule has 1 aliphatic heterocycles. The summed E-state index contributed by atoms with van der Waals surface area (Å²) in [6, 6.07) is 5.51. The normalized spacial score (nSPS) is 15.9. The monoisotopic (exact) mass is 417 g/mol. The molecule has 4 rings (SSSR count). The molecule has 158 valence electrons. The van der Waals surface area contributed by atoms with E-state index in [1.165, 1.54) is 6.08 Å². The summed E-state index contributed by atoms with van der Waals surface area (Å²) in [6.07, 6.45) is 5.74. The fourth-order valence-corrected chi connectivity index (χ4v) is 3.52. The van der Waals surface area contributed by atoms with Crippen LogP contribution in [0, 0.1) is 11.8 Å². The van der Waals surface area contributed by atoms with Crippen LogP contribution < -0.4 is 14.9 Å². The Morgan fingerprint density at radius 2 is 2.06 bits per heavy atom. The lowest BCUT2D eigenvalue weighted by molar-refractivity contribution is -0.120. The predicted molar refractivity (Wildman–Crippen MR) is 117 cm³/mol. The first-order chi connectivity index (χ1) is 15.1. The molecule has 0 spiro atoms. The third-order valence-electron chi connectivity index (χ3n) is 5.15. The van der Waals surface area contributed by atoms with Gasteiger partial charge in [-0.15, -0.1) is 0 Å². The van der Waals surface area contributed by atoms with Crippen LogP contribution in [-0.4, -0.2) is 53.2 Å². The van der Waals surface area contributed by atoms with Crippen molar-refractivity contribution in [2.45, 2.75) is 12.3 Å². The number of hydrogen-bond donors (Lipinski definition) is 2. The number of nitrogens with one attached hydrogen (secondary N) is 2. The lowest BCUT2D eigenvalue weighted by Crippen LogP contribution is -2.39. The van der Waals surface area contributed by atoms with Crippen LogP contribution in [0.5, 0.6) is 11.5 Å². The van der Waals surface area contributed by atoms with Crippen molar-refractivity contribution in [3.05, 3.63) is 60.1 Å². The van der Waals surface area contributed by atoms with Crippen molar-refractivity contribution in [1.82, 2.24) is 25.4 Å². The van der Waals surface area contributed by atoms with E-state index in [9.17, 15) is 4.79 Å². The van der Waals surface area contributed by atoms with E-state index in [1.807, 2.05) is 23.3 Å². The quantitative estimate of drug-likeness (QED) is 0.489. The fraction of sp³-hybridized carbons (Fsp3) is 0.261. The molecule has 1 atom stereocenters. The first kappa shape index (κ1) is 20.4. The van der Waals surface area contributed by atoms with Crippen molar-refractivity contribution in [3.8, 4) is 23.3 Å². The fourth-order valence-electron chi connectivity index (χ4n) is 3.52. The molecule has 8 nitrogen and oxygen atoms in total. The molecule has 1 fully saturated rings. The smallest absolute Gasteiger partial charge is 0.257 e. The number of fused-ring (bicyclic) bond motifs is 1. The number of rotatable bonds is 5. The van der Waals surface area contributed by atoms with Gasteiger partial charge in [0.1, 0.15) is 17.0 Å². The van der Waals surface area contributed by atoms with Gasteiger partial charge in [0.25, 0.3) is 5.91 Å². The van der Waals surface area contributed by atoms with E-state index in [0.29, 0.717) is 23.7 Å². The maximum atomic E-state index is 11.5. The average molecular weight is 417 g/mol. The zero-order valence-electron chi connectivity index (χ0n) is 17.4. The molecule has 0 unspecified atom stereocenters. The number of hydrogen-bond acceptors (Lipinski definition) is 6. The molecule has 0 saturated carbocycles. The van der Waals surface area contributed by atoms with Crippen LogP contribution in [0.15, 0.2) is 43.2 Å². The summed E-state index contributed by atoms with van der Waals surface area (Å²) < 4.78 is 10.6. The zero-order chi connectivity index (χ0) is 21.8. The second-order valence-corrected chi connectivity index (χ2v) is 7.16. The number of hydrazine groups is 1. The Morgan fingerprint density at radius 1 is 1.29 bits per heavy atom. The average Bonchev–Trinajstić information content (AvgIpc) is 3.43. The first-order valence-corrected chi connectivity index (χ1v) is 9.86. The SMILES string of the molecule is C=CC(=O)NN1CC[C@@H](c2cnc3[nH]cc(C#Cc4cc(OC)cc(OC)c4)c3n2)C1. The van der Waals surface area contributed by atoms with Gasteiger partial charge in [0.15, 0.2) is 5.65 Å². The molecule has 2 aromatic heterocycles. The summed E-state index contributed by atoms with van der Waals surface area (Å²) >= 11 is 0. The van der Waals surface area contributed by atoms with Gasteiger partial charge in [0.2, 0.25) is 0 Å². The Balaban J connectivity index is 1.58. The molecule has 31 heavy (non-hydrogen) atoms. The second kappa shape index (κ2) is 8.90. The summed E-state index contributed by atoms with van der Waals surface area (Å²) in [7, 11) is 3.21. The lowest BCUT2D eigenvalue weighted by atomic mass is 10.1. The maximum Gasteiger partial charge on any atom is 0.257 e. The van der Waals surface area contributed by atoms with Crippen LogP contribution in [0.2, 0.25) is 0 Å². The zero-order valence-corrected chi connectivity index (χ0v) is 17.4. The van der Waals surface area contributed by atoms with Gasteiger partial charge in [0, 0.05) is 36.8 Å². The first-order valence-electron chi connectivity index (χ1n) is 9.86. The van der Waals surface area contributed by atoms with Crippen molar-refractivity contribution in [2.24, 2.45) is 0 Å². The van der Waals surface area contributed by atoms with Crippen LogP contribution in [0.25, 0.3) is 11.2 Å². The third-order valence-corrected chi connectivity index (χ3v) is 5.15. The van der Waals surface area contributed by atoms with Crippen LogP contribution in [0.3, 0.4) is 0 Å². The van der Waals surface area contributed by atoms with E-state index in [2.05, 4.69) is 33.8 Å². The highest BCUT2D eigenvalue weighted by Gasteiger charge is 2.26. The minimum absolute atomic E-state index is 0.181. The van der Waals surface area contributed by atoms with Crippen LogP contribution in [-0.2, 0) is 4.79 Å². The Morgan fingerprint density at radius 3 is 2.77 bits per heavy atom. The van der Waals surface area contributed by atoms with E-state index in [1.54, 1.807) is 26.5 Å². The van der Waals surface area contributed by atoms with Crippen molar-refractivity contribution in [2.75, 3.05) is 27.3 Å². The highest BCUT2D eigenvalue weighted by molar-refractivity contribution is 5.86. The molecule has 3 heterocycles. The highest BCUT2D eigenvalue weighted by atomic mass is 16.5. The third kappa shape index (κ3) is 4.52. The number of methoxy groups -OCH3 is 2. The number of carbonyl (C=O) groups excluding carboxylic acids is 1. The van der Waals surface area contributed by atoms with Gasteiger partial charge in [-0.2, -0.15) is 0 Å². The number of ether oxygens (including phenoxy) is 2. The Bertz CT molecular complexity index is 1170. The Labute approximate surface area is 180 Å². The molecule has 0 aliphatic carbocycles. The molecule has 0 radical (unpaired) electrons. The number of H-pyrrole nitrogens is 1. The van der Waals surface area contributed by atoms with Gasteiger partial charge >= 0.3 is 0 Å². The van der Waals surface area contributed by atoms with Gasteiger partial charge < -0.3 is 14.5 Å². The molecule has 3 aromatic rings. The summed E-state index contributed by atoms with van der Waals surface area (Å²) in [6.45, 7) is 4.91. The number of carbonyl (C=O) groups is 1. The van der Waals surface area contributed by atoms with E-state index in [-0.39, 0.29) is 11.8 Å². The number of aromatic amines is 1. The number of nitrogens with zero attached hydrogens (tertiary/aromatic N) is 3. The van der Waals surface area contributed by atoms with Crippen molar-refractivity contribution >= 4 is 17.1 Å². The lowest BCUT2D eigenvalue weighted by Gasteiger charge is -2.15. The molecular weight excluding hydrogens is 394 g/mol.